The normalized spacial score (nSPS) is 20.6. The minimum absolute atomic E-state index is 0.0318. The van der Waals surface area contributed by atoms with Crippen molar-refractivity contribution in [1.82, 2.24) is 16.2 Å². The van der Waals surface area contributed by atoms with Gasteiger partial charge >= 0.3 is 0 Å². The van der Waals surface area contributed by atoms with Crippen molar-refractivity contribution in [1.29, 1.82) is 0 Å². The van der Waals surface area contributed by atoms with Gasteiger partial charge in [-0.3, -0.25) is 20.4 Å². The summed E-state index contributed by atoms with van der Waals surface area (Å²) in [5, 5.41) is 3.63. The minimum Gasteiger partial charge on any atom is -0.359 e. The van der Waals surface area contributed by atoms with E-state index in [4.69, 9.17) is 12.2 Å². The average molecular weight is 360 g/mol. The summed E-state index contributed by atoms with van der Waals surface area (Å²) in [4.78, 5) is 26.2. The number of benzene rings is 1. The van der Waals surface area contributed by atoms with Crippen LogP contribution >= 0.6 is 12.2 Å². The van der Waals surface area contributed by atoms with E-state index in [0.29, 0.717) is 17.7 Å². The number of hydrazine groups is 1. The number of aryl methyl sites for hydroxylation is 1. The SMILES string of the molecule is Cc1ccc(N2C[C@H](C(=O)NNC(=S)NC3CCCC3)CC2=O)cc1. The first-order chi connectivity index (χ1) is 12.0. The third-order valence-electron chi connectivity index (χ3n) is 4.83. The molecular weight excluding hydrogens is 336 g/mol. The van der Waals surface area contributed by atoms with E-state index in [1.165, 1.54) is 12.8 Å². The molecular formula is C18H24N4O2S. The molecule has 3 N–H and O–H groups in total. The average Bonchev–Trinajstić information content (AvgIpc) is 3.23. The fourth-order valence-electron chi connectivity index (χ4n) is 3.37. The number of carbonyl (C=O) groups excluding carboxylic acids is 2. The van der Waals surface area contributed by atoms with Gasteiger partial charge in [-0.15, -0.1) is 0 Å². The molecule has 0 unspecified atom stereocenters. The number of nitrogens with one attached hydrogen (secondary N) is 3. The van der Waals surface area contributed by atoms with Crippen LogP contribution in [-0.4, -0.2) is 29.5 Å². The highest BCUT2D eigenvalue weighted by atomic mass is 32.1. The number of hydrogen-bond donors (Lipinski definition) is 3. The van der Waals surface area contributed by atoms with E-state index >= 15 is 0 Å². The van der Waals surface area contributed by atoms with Crippen molar-refractivity contribution in [3.05, 3.63) is 29.8 Å². The maximum absolute atomic E-state index is 12.3. The topological polar surface area (TPSA) is 73.5 Å². The Hall–Kier alpha value is -2.15. The Balaban J connectivity index is 1.48. The van der Waals surface area contributed by atoms with Crippen LogP contribution in [0.15, 0.2) is 24.3 Å². The van der Waals surface area contributed by atoms with Crippen LogP contribution in [0.1, 0.15) is 37.7 Å². The lowest BCUT2D eigenvalue weighted by atomic mass is 10.1. The maximum atomic E-state index is 12.3. The monoisotopic (exact) mass is 360 g/mol. The summed E-state index contributed by atoms with van der Waals surface area (Å²) < 4.78 is 0. The Morgan fingerprint density at radius 1 is 1.16 bits per heavy atom. The molecule has 7 heteroatoms. The molecule has 3 rings (SSSR count). The fourth-order valence-corrected chi connectivity index (χ4v) is 3.59. The van der Waals surface area contributed by atoms with Crippen molar-refractivity contribution >= 4 is 34.8 Å². The molecule has 1 saturated heterocycles. The molecule has 2 fully saturated rings. The third kappa shape index (κ3) is 4.48. The molecule has 1 saturated carbocycles. The predicted octanol–water partition coefficient (Wildman–Crippen LogP) is 1.79. The molecule has 6 nitrogen and oxygen atoms in total. The zero-order valence-corrected chi connectivity index (χ0v) is 15.2. The van der Waals surface area contributed by atoms with E-state index < -0.39 is 0 Å². The molecule has 0 radical (unpaired) electrons. The largest absolute Gasteiger partial charge is 0.359 e. The molecule has 1 heterocycles. The first-order valence-electron chi connectivity index (χ1n) is 8.76. The molecule has 25 heavy (non-hydrogen) atoms. The fraction of sp³-hybridized carbons (Fsp3) is 0.500. The van der Waals surface area contributed by atoms with Crippen LogP contribution in [0.25, 0.3) is 0 Å². The van der Waals surface area contributed by atoms with Gasteiger partial charge in [0.25, 0.3) is 0 Å². The van der Waals surface area contributed by atoms with Crippen molar-refractivity contribution in [3.8, 4) is 0 Å². The van der Waals surface area contributed by atoms with Crippen LogP contribution < -0.4 is 21.1 Å². The van der Waals surface area contributed by atoms with Gasteiger partial charge in [0, 0.05) is 24.7 Å². The van der Waals surface area contributed by atoms with Gasteiger partial charge in [0.15, 0.2) is 5.11 Å². The van der Waals surface area contributed by atoms with Gasteiger partial charge in [0.2, 0.25) is 11.8 Å². The van der Waals surface area contributed by atoms with Crippen LogP contribution in [0, 0.1) is 12.8 Å². The Kier molecular flexibility index (Phi) is 5.53. The third-order valence-corrected chi connectivity index (χ3v) is 5.05. The molecule has 2 aliphatic rings. The van der Waals surface area contributed by atoms with Crippen molar-refractivity contribution in [2.24, 2.45) is 5.92 Å². The minimum atomic E-state index is -0.379. The van der Waals surface area contributed by atoms with Crippen LogP contribution in [0.3, 0.4) is 0 Å². The molecule has 1 aromatic rings. The quantitative estimate of drug-likeness (QED) is 0.566. The highest BCUT2D eigenvalue weighted by Crippen LogP contribution is 2.25. The van der Waals surface area contributed by atoms with Gasteiger partial charge in [0.05, 0.1) is 5.92 Å². The van der Waals surface area contributed by atoms with E-state index in [1.807, 2.05) is 31.2 Å². The maximum Gasteiger partial charge on any atom is 0.243 e. The predicted molar refractivity (Wildman–Crippen MR) is 101 cm³/mol. The number of carbonyl (C=O) groups is 2. The second-order valence-electron chi connectivity index (χ2n) is 6.81. The summed E-state index contributed by atoms with van der Waals surface area (Å²) in [5.41, 5.74) is 7.35. The van der Waals surface area contributed by atoms with Crippen LogP contribution in [0.5, 0.6) is 0 Å². The lowest BCUT2D eigenvalue weighted by Crippen LogP contribution is -2.50. The molecule has 0 bridgehead atoms. The van der Waals surface area contributed by atoms with Gasteiger partial charge in [-0.2, -0.15) is 0 Å². The molecule has 134 valence electrons. The molecule has 0 aromatic heterocycles. The van der Waals surface area contributed by atoms with Crippen LogP contribution in [0.2, 0.25) is 0 Å². The summed E-state index contributed by atoms with van der Waals surface area (Å²) in [5.74, 6) is -0.621. The van der Waals surface area contributed by atoms with Crippen molar-refractivity contribution in [2.45, 2.75) is 45.1 Å². The van der Waals surface area contributed by atoms with Gasteiger partial charge in [-0.25, -0.2) is 0 Å². The smallest absolute Gasteiger partial charge is 0.243 e. The Bertz CT molecular complexity index is 656. The summed E-state index contributed by atoms with van der Waals surface area (Å²) in [7, 11) is 0. The standard InChI is InChI=1S/C18H24N4O2S/c1-12-6-8-15(9-7-12)22-11-13(10-16(22)23)17(24)20-21-18(25)19-14-4-2-3-5-14/h6-9,13-14H,2-5,10-11H2,1H3,(H,20,24)(H2,19,21,25)/t13-/m1/s1. The lowest BCUT2D eigenvalue weighted by Gasteiger charge is -2.18. The zero-order chi connectivity index (χ0) is 17.8. The van der Waals surface area contributed by atoms with E-state index in [9.17, 15) is 9.59 Å². The van der Waals surface area contributed by atoms with E-state index in [1.54, 1.807) is 4.90 Å². The van der Waals surface area contributed by atoms with Crippen molar-refractivity contribution < 1.29 is 9.59 Å². The first-order valence-corrected chi connectivity index (χ1v) is 9.17. The zero-order valence-electron chi connectivity index (χ0n) is 14.4. The lowest BCUT2D eigenvalue weighted by molar-refractivity contribution is -0.126. The van der Waals surface area contributed by atoms with Gasteiger partial charge < -0.3 is 10.2 Å². The number of nitrogens with zero attached hydrogens (tertiary/aromatic N) is 1. The van der Waals surface area contributed by atoms with E-state index in [-0.39, 0.29) is 24.2 Å². The first kappa shape index (κ1) is 17.7. The second-order valence-corrected chi connectivity index (χ2v) is 7.22. The summed E-state index contributed by atoms with van der Waals surface area (Å²) in [6.07, 6.45) is 4.86. The van der Waals surface area contributed by atoms with Crippen LogP contribution in [0.4, 0.5) is 5.69 Å². The molecule has 0 spiro atoms. The summed E-state index contributed by atoms with van der Waals surface area (Å²) in [6, 6.07) is 8.13. The van der Waals surface area contributed by atoms with Crippen molar-refractivity contribution in [2.75, 3.05) is 11.4 Å². The molecule has 1 aliphatic carbocycles. The van der Waals surface area contributed by atoms with Crippen LogP contribution in [-0.2, 0) is 9.59 Å². The van der Waals surface area contributed by atoms with E-state index in [0.717, 1.165) is 24.1 Å². The number of anilines is 1. The Morgan fingerprint density at radius 2 is 1.84 bits per heavy atom. The highest BCUT2D eigenvalue weighted by Gasteiger charge is 2.35. The second kappa shape index (κ2) is 7.82. The highest BCUT2D eigenvalue weighted by molar-refractivity contribution is 7.80. The molecule has 2 amide bonds. The molecule has 1 aliphatic heterocycles. The molecule has 1 atom stereocenters. The Labute approximate surface area is 153 Å². The van der Waals surface area contributed by atoms with E-state index in [2.05, 4.69) is 16.2 Å². The van der Waals surface area contributed by atoms with Gasteiger partial charge in [-0.05, 0) is 44.1 Å². The summed E-state index contributed by atoms with van der Waals surface area (Å²) in [6.45, 7) is 2.39. The Morgan fingerprint density at radius 3 is 2.52 bits per heavy atom. The van der Waals surface area contributed by atoms with Crippen molar-refractivity contribution in [3.63, 3.8) is 0 Å². The summed E-state index contributed by atoms with van der Waals surface area (Å²) >= 11 is 5.20. The number of amides is 2. The van der Waals surface area contributed by atoms with Gasteiger partial charge in [0.1, 0.15) is 0 Å². The molecule has 1 aromatic carbocycles. The van der Waals surface area contributed by atoms with Gasteiger partial charge in [-0.1, -0.05) is 30.5 Å². The number of rotatable bonds is 3. The number of hydrogen-bond acceptors (Lipinski definition) is 3. The number of thiocarbonyl (C=S) groups is 1.